The van der Waals surface area contributed by atoms with Crippen molar-refractivity contribution in [3.63, 3.8) is 0 Å². The van der Waals surface area contributed by atoms with Gasteiger partial charge in [-0.25, -0.2) is 4.68 Å². The molecule has 0 saturated heterocycles. The van der Waals surface area contributed by atoms with E-state index in [1.165, 1.54) is 4.90 Å². The van der Waals surface area contributed by atoms with Gasteiger partial charge in [-0.3, -0.25) is 19.6 Å². The van der Waals surface area contributed by atoms with E-state index in [-0.39, 0.29) is 17.4 Å². The first-order valence-corrected chi connectivity index (χ1v) is 14.1. The Bertz CT molecular complexity index is 1930. The molecule has 0 aliphatic heterocycles. The molecular weight excluding hydrogens is 548 g/mol. The highest BCUT2D eigenvalue weighted by molar-refractivity contribution is 6.68. The minimum Gasteiger partial charge on any atom is -0.276 e. The lowest BCUT2D eigenvalue weighted by Gasteiger charge is -2.23. The number of rotatable bonds is 8. The number of fused-ring (bicyclic) bond motifs is 1. The van der Waals surface area contributed by atoms with E-state index >= 15 is 0 Å². The number of hydrogen-bond acceptors (Lipinski definition) is 5. The lowest BCUT2D eigenvalue weighted by molar-refractivity contribution is -0.119. The van der Waals surface area contributed by atoms with Crippen molar-refractivity contribution in [1.82, 2.24) is 25.2 Å². The lowest BCUT2D eigenvalue weighted by Crippen LogP contribution is -2.29. The summed E-state index contributed by atoms with van der Waals surface area (Å²) in [6, 6.07) is 32.9. The van der Waals surface area contributed by atoms with Gasteiger partial charge >= 0.3 is 0 Å². The fraction of sp³-hybridized carbons (Fsp3) is 0.121. The van der Waals surface area contributed by atoms with E-state index < -0.39 is 5.24 Å². The van der Waals surface area contributed by atoms with Crippen molar-refractivity contribution in [3.05, 3.63) is 114 Å². The number of benzene rings is 4. The number of para-hydroxylation sites is 1. The third-order valence-electron chi connectivity index (χ3n) is 7.49. The van der Waals surface area contributed by atoms with Gasteiger partial charge in [-0.1, -0.05) is 84.1 Å². The Kier molecular flexibility index (Phi) is 6.60. The Hall–Kier alpha value is -5.08. The zero-order valence-electron chi connectivity index (χ0n) is 22.4. The summed E-state index contributed by atoms with van der Waals surface area (Å²) in [6.45, 7) is 0.560. The van der Waals surface area contributed by atoms with Crippen LogP contribution in [0.5, 0.6) is 0 Å². The van der Waals surface area contributed by atoms with Crippen molar-refractivity contribution in [3.8, 4) is 22.5 Å². The van der Waals surface area contributed by atoms with Crippen LogP contribution in [0.2, 0.25) is 0 Å². The number of aromatic amines is 1. The Balaban J connectivity index is 1.38. The summed E-state index contributed by atoms with van der Waals surface area (Å²) in [7, 11) is 0. The van der Waals surface area contributed by atoms with E-state index in [0.29, 0.717) is 23.7 Å². The predicted octanol–water partition coefficient (Wildman–Crippen LogP) is 6.99. The van der Waals surface area contributed by atoms with Crippen LogP contribution >= 0.6 is 11.6 Å². The molecule has 42 heavy (non-hydrogen) atoms. The van der Waals surface area contributed by atoms with E-state index in [9.17, 15) is 9.59 Å². The Morgan fingerprint density at radius 2 is 1.60 bits per heavy atom. The SMILES string of the molecule is O=C(Cl)c1ccccc1N(C(=O)C1CC1)c1n[nH]c2ccc(-c3nnn(Cc4ccccc4)c3-c3ccccc3)cc12. The molecule has 0 radical (unpaired) electrons. The molecule has 1 aliphatic carbocycles. The number of carbonyl (C=O) groups is 2. The van der Waals surface area contributed by atoms with Gasteiger partial charge in [0.05, 0.1) is 29.0 Å². The second-order valence-corrected chi connectivity index (χ2v) is 10.7. The monoisotopic (exact) mass is 572 g/mol. The van der Waals surface area contributed by atoms with Crippen molar-refractivity contribution in [2.45, 2.75) is 19.4 Å². The molecule has 0 spiro atoms. The van der Waals surface area contributed by atoms with Gasteiger partial charge in [0.2, 0.25) is 5.91 Å². The number of amides is 1. The fourth-order valence-electron chi connectivity index (χ4n) is 5.26. The Labute approximate surface area is 246 Å². The van der Waals surface area contributed by atoms with E-state index in [0.717, 1.165) is 46.1 Å². The smallest absolute Gasteiger partial charge is 0.254 e. The molecule has 2 heterocycles. The minimum atomic E-state index is -0.637. The molecule has 206 valence electrons. The number of carbonyl (C=O) groups excluding carboxylic acids is 2. The van der Waals surface area contributed by atoms with E-state index in [1.807, 2.05) is 71.4 Å². The number of halogens is 1. The molecule has 1 N–H and O–H groups in total. The van der Waals surface area contributed by atoms with Crippen LogP contribution in [-0.2, 0) is 11.3 Å². The van der Waals surface area contributed by atoms with Crippen LogP contribution in [0.4, 0.5) is 11.5 Å². The summed E-state index contributed by atoms with van der Waals surface area (Å²) in [5, 5.41) is 16.9. The molecule has 0 unspecified atom stereocenters. The highest BCUT2D eigenvalue weighted by Gasteiger charge is 2.37. The largest absolute Gasteiger partial charge is 0.276 e. The highest BCUT2D eigenvalue weighted by Crippen LogP contribution is 2.41. The normalized spacial score (nSPS) is 12.9. The molecule has 4 aromatic carbocycles. The molecule has 1 fully saturated rings. The summed E-state index contributed by atoms with van der Waals surface area (Å²) in [5.41, 5.74) is 5.92. The van der Waals surface area contributed by atoms with Gasteiger partial charge in [0.15, 0.2) is 5.82 Å². The third-order valence-corrected chi connectivity index (χ3v) is 7.69. The number of aromatic nitrogens is 5. The Morgan fingerprint density at radius 1 is 0.881 bits per heavy atom. The van der Waals surface area contributed by atoms with Crippen LogP contribution in [-0.4, -0.2) is 36.3 Å². The average Bonchev–Trinajstić information content (AvgIpc) is 3.68. The number of nitrogens with one attached hydrogen (secondary N) is 1. The van der Waals surface area contributed by atoms with Gasteiger partial charge in [-0.2, -0.15) is 5.10 Å². The molecule has 0 atom stereocenters. The topological polar surface area (TPSA) is 96.8 Å². The number of H-pyrrole nitrogens is 1. The maximum atomic E-state index is 13.7. The molecule has 6 aromatic rings. The summed E-state index contributed by atoms with van der Waals surface area (Å²) >= 11 is 5.95. The molecular formula is C33H25ClN6O2. The van der Waals surface area contributed by atoms with Crippen molar-refractivity contribution >= 4 is 45.2 Å². The molecule has 2 aromatic heterocycles. The minimum absolute atomic E-state index is 0.113. The van der Waals surface area contributed by atoms with E-state index in [1.54, 1.807) is 24.3 Å². The first kappa shape index (κ1) is 25.9. The van der Waals surface area contributed by atoms with Crippen LogP contribution in [0.3, 0.4) is 0 Å². The molecule has 1 saturated carbocycles. The van der Waals surface area contributed by atoms with Crippen LogP contribution in [0, 0.1) is 5.92 Å². The van der Waals surface area contributed by atoms with Gasteiger partial charge in [-0.15, -0.1) is 5.10 Å². The molecule has 7 rings (SSSR count). The van der Waals surface area contributed by atoms with Crippen molar-refractivity contribution < 1.29 is 9.59 Å². The van der Waals surface area contributed by atoms with Crippen LogP contribution < -0.4 is 4.90 Å². The van der Waals surface area contributed by atoms with Crippen LogP contribution in [0.25, 0.3) is 33.4 Å². The highest BCUT2D eigenvalue weighted by atomic mass is 35.5. The van der Waals surface area contributed by atoms with E-state index in [4.69, 9.17) is 11.6 Å². The fourth-order valence-corrected chi connectivity index (χ4v) is 5.42. The maximum absolute atomic E-state index is 13.7. The summed E-state index contributed by atoms with van der Waals surface area (Å²) in [5.74, 6) is 0.172. The second kappa shape index (κ2) is 10.7. The summed E-state index contributed by atoms with van der Waals surface area (Å²) in [6.07, 6.45) is 1.59. The number of hydrogen-bond donors (Lipinski definition) is 1. The van der Waals surface area contributed by atoms with Crippen molar-refractivity contribution in [2.24, 2.45) is 5.92 Å². The average molecular weight is 573 g/mol. The van der Waals surface area contributed by atoms with E-state index in [2.05, 4.69) is 32.6 Å². The molecule has 9 heteroatoms. The zero-order valence-corrected chi connectivity index (χ0v) is 23.2. The van der Waals surface area contributed by atoms with Gasteiger partial charge in [0.25, 0.3) is 5.24 Å². The van der Waals surface area contributed by atoms with Gasteiger partial charge < -0.3 is 0 Å². The first-order valence-electron chi connectivity index (χ1n) is 13.7. The summed E-state index contributed by atoms with van der Waals surface area (Å²) in [4.78, 5) is 27.6. The van der Waals surface area contributed by atoms with Gasteiger partial charge in [-0.05, 0) is 54.3 Å². The number of nitrogens with zero attached hydrogens (tertiary/aromatic N) is 5. The molecule has 1 aliphatic rings. The predicted molar refractivity (Wildman–Crippen MR) is 163 cm³/mol. The van der Waals surface area contributed by atoms with Gasteiger partial charge in [0, 0.05) is 22.4 Å². The van der Waals surface area contributed by atoms with Crippen molar-refractivity contribution in [1.29, 1.82) is 0 Å². The maximum Gasteiger partial charge on any atom is 0.254 e. The van der Waals surface area contributed by atoms with Crippen LogP contribution in [0.1, 0.15) is 28.8 Å². The standard InChI is InChI=1S/C33H25ClN6O2/c34-31(41)25-13-7-8-14-28(25)40(33(42)23-15-16-23)32-26-19-24(17-18-27(26)35-37-32)29-30(22-11-5-2-6-12-22)39(38-36-29)20-21-9-3-1-4-10-21/h1-14,17-19,23H,15-16,20H2,(H,35,37). The summed E-state index contributed by atoms with van der Waals surface area (Å²) < 4.78 is 1.91. The van der Waals surface area contributed by atoms with Gasteiger partial charge in [0.1, 0.15) is 5.69 Å². The lowest BCUT2D eigenvalue weighted by atomic mass is 10.0. The molecule has 0 bridgehead atoms. The third kappa shape index (κ3) is 4.76. The number of anilines is 2. The zero-order chi connectivity index (χ0) is 28.6. The molecule has 8 nitrogen and oxygen atoms in total. The van der Waals surface area contributed by atoms with Crippen molar-refractivity contribution in [2.75, 3.05) is 4.90 Å². The second-order valence-electron chi connectivity index (χ2n) is 10.3. The van der Waals surface area contributed by atoms with Crippen LogP contribution in [0.15, 0.2) is 103 Å². The quantitative estimate of drug-likeness (QED) is 0.198. The Morgan fingerprint density at radius 3 is 2.33 bits per heavy atom. The molecule has 1 amide bonds. The first-order chi connectivity index (χ1) is 20.6.